The summed E-state index contributed by atoms with van der Waals surface area (Å²) in [6.07, 6.45) is 10.4. The van der Waals surface area contributed by atoms with Gasteiger partial charge in [-0.15, -0.1) is 0 Å². The van der Waals surface area contributed by atoms with Crippen LogP contribution in [-0.4, -0.2) is 22.1 Å². The average Bonchev–Trinajstić information content (AvgIpc) is 2.81. The van der Waals surface area contributed by atoms with Gasteiger partial charge < -0.3 is 14.6 Å². The standard InChI is InChI=1S/C28H35NO6/c1-4-5-6-7-11-21-12-14-22(15-13-21)17-20(3)26(31)25-23(30)18-24(35-27(25)32)19(2)10-8-9-16-29-28(33)34/h9,12-19,29-30H,4-8,10-11H2,1-3H3,(H,33,34). The number of carbonyl (C=O) groups excluding carboxylic acids is 1. The molecule has 0 spiro atoms. The van der Waals surface area contributed by atoms with Gasteiger partial charge in [-0.1, -0.05) is 63.5 Å². The van der Waals surface area contributed by atoms with E-state index in [0.29, 0.717) is 18.4 Å². The van der Waals surface area contributed by atoms with Gasteiger partial charge in [0.25, 0.3) is 0 Å². The Hall–Kier alpha value is -3.61. The van der Waals surface area contributed by atoms with E-state index in [1.807, 2.05) is 31.2 Å². The van der Waals surface area contributed by atoms with E-state index in [1.54, 1.807) is 19.1 Å². The van der Waals surface area contributed by atoms with E-state index in [0.717, 1.165) is 18.4 Å². The van der Waals surface area contributed by atoms with Gasteiger partial charge in [-0.25, -0.2) is 9.59 Å². The molecule has 1 heterocycles. The molecule has 0 saturated heterocycles. The van der Waals surface area contributed by atoms with Crippen molar-refractivity contribution >= 4 is 18.0 Å². The summed E-state index contributed by atoms with van der Waals surface area (Å²) in [4.78, 5) is 35.9. The number of carbonyl (C=O) groups is 2. The van der Waals surface area contributed by atoms with Gasteiger partial charge >= 0.3 is 11.7 Å². The van der Waals surface area contributed by atoms with Crippen molar-refractivity contribution in [3.05, 3.63) is 81.1 Å². The molecule has 7 nitrogen and oxygen atoms in total. The smallest absolute Gasteiger partial charge is 0.408 e. The van der Waals surface area contributed by atoms with E-state index >= 15 is 0 Å². The lowest BCUT2D eigenvalue weighted by molar-refractivity contribution is 0.102. The Labute approximate surface area is 206 Å². The molecule has 0 saturated carbocycles. The van der Waals surface area contributed by atoms with Gasteiger partial charge in [-0.3, -0.25) is 10.1 Å². The number of amides is 1. The molecule has 0 aliphatic carbocycles. The van der Waals surface area contributed by atoms with Crippen molar-refractivity contribution in [1.29, 1.82) is 0 Å². The van der Waals surface area contributed by atoms with E-state index in [-0.39, 0.29) is 17.2 Å². The summed E-state index contributed by atoms with van der Waals surface area (Å²) in [5.41, 5.74) is 1.15. The van der Waals surface area contributed by atoms with Crippen molar-refractivity contribution in [3.8, 4) is 5.75 Å². The third-order valence-electron chi connectivity index (χ3n) is 5.79. The Morgan fingerprint density at radius 2 is 1.86 bits per heavy atom. The minimum absolute atomic E-state index is 0.218. The number of Topliss-reactive ketones (excluding diaryl/α,β-unsaturated/α-hetero) is 1. The summed E-state index contributed by atoms with van der Waals surface area (Å²) in [5, 5.41) is 21.1. The molecule has 0 bridgehead atoms. The normalized spacial score (nSPS) is 12.6. The second-order valence-electron chi connectivity index (χ2n) is 8.74. The highest BCUT2D eigenvalue weighted by molar-refractivity contribution is 6.12. The van der Waals surface area contributed by atoms with Crippen molar-refractivity contribution < 1.29 is 24.2 Å². The lowest BCUT2D eigenvalue weighted by Crippen LogP contribution is -2.16. The van der Waals surface area contributed by atoms with E-state index in [2.05, 4.69) is 12.2 Å². The van der Waals surface area contributed by atoms with Gasteiger partial charge in [-0.05, 0) is 55.4 Å². The predicted molar refractivity (Wildman–Crippen MR) is 137 cm³/mol. The quantitative estimate of drug-likeness (QED) is 0.173. The molecule has 2 rings (SSSR count). The summed E-state index contributed by atoms with van der Waals surface area (Å²) in [5.74, 6) is -0.947. The van der Waals surface area contributed by atoms with Gasteiger partial charge in [-0.2, -0.15) is 0 Å². The number of aromatic hydroxyl groups is 1. The molecule has 1 aromatic carbocycles. The first kappa shape index (κ1) is 27.6. The molecule has 0 aliphatic rings. The highest BCUT2D eigenvalue weighted by Crippen LogP contribution is 2.26. The lowest BCUT2D eigenvalue weighted by Gasteiger charge is -2.11. The fourth-order valence-corrected chi connectivity index (χ4v) is 3.70. The van der Waals surface area contributed by atoms with E-state index in [1.165, 1.54) is 37.1 Å². The first-order chi connectivity index (χ1) is 16.7. The number of carboxylic acid groups (broad SMARTS) is 1. The minimum Gasteiger partial charge on any atom is -0.507 e. The van der Waals surface area contributed by atoms with Crippen LogP contribution >= 0.6 is 0 Å². The van der Waals surface area contributed by atoms with Gasteiger partial charge in [0, 0.05) is 18.2 Å². The van der Waals surface area contributed by atoms with Crippen LogP contribution in [0.15, 0.2) is 57.4 Å². The first-order valence-electron chi connectivity index (χ1n) is 12.1. The van der Waals surface area contributed by atoms with Crippen molar-refractivity contribution in [1.82, 2.24) is 5.32 Å². The highest BCUT2D eigenvalue weighted by atomic mass is 16.4. The SMILES string of the molecule is CCCCCCc1ccc(C=C(C)C(=O)c2c(O)cc(C(C)CCC=CNC(=O)O)oc2=O)cc1. The zero-order valence-corrected chi connectivity index (χ0v) is 20.7. The van der Waals surface area contributed by atoms with Crippen LogP contribution in [0.3, 0.4) is 0 Å². The Kier molecular flexibility index (Phi) is 11.0. The number of rotatable bonds is 13. The van der Waals surface area contributed by atoms with Crippen molar-refractivity contribution in [2.75, 3.05) is 0 Å². The molecular formula is C28H35NO6. The van der Waals surface area contributed by atoms with Crippen LogP contribution in [-0.2, 0) is 6.42 Å². The summed E-state index contributed by atoms with van der Waals surface area (Å²) < 4.78 is 5.34. The molecule has 0 aliphatic heterocycles. The van der Waals surface area contributed by atoms with Crippen LogP contribution in [0.1, 0.15) is 92.5 Å². The maximum Gasteiger partial charge on any atom is 0.408 e. The number of hydrogen-bond donors (Lipinski definition) is 3. The lowest BCUT2D eigenvalue weighted by atomic mass is 9.99. The summed E-state index contributed by atoms with van der Waals surface area (Å²) in [6.45, 7) is 5.61. The molecule has 1 unspecified atom stereocenters. The number of ketones is 1. The average molecular weight is 482 g/mol. The third-order valence-corrected chi connectivity index (χ3v) is 5.79. The maximum absolute atomic E-state index is 12.9. The molecule has 0 radical (unpaired) electrons. The van der Waals surface area contributed by atoms with Crippen molar-refractivity contribution in [2.24, 2.45) is 0 Å². The summed E-state index contributed by atoms with van der Waals surface area (Å²) >= 11 is 0. The van der Waals surface area contributed by atoms with Gasteiger partial charge in [0.05, 0.1) is 0 Å². The number of unbranched alkanes of at least 4 members (excludes halogenated alkanes) is 3. The van der Waals surface area contributed by atoms with Crippen LogP contribution in [0.4, 0.5) is 4.79 Å². The summed E-state index contributed by atoms with van der Waals surface area (Å²) in [6, 6.07) is 9.28. The molecule has 188 valence electrons. The second kappa shape index (κ2) is 13.9. The number of aryl methyl sites for hydroxylation is 1. The monoisotopic (exact) mass is 481 g/mol. The van der Waals surface area contributed by atoms with Crippen molar-refractivity contribution in [3.63, 3.8) is 0 Å². The van der Waals surface area contributed by atoms with E-state index < -0.39 is 23.3 Å². The van der Waals surface area contributed by atoms with Crippen molar-refractivity contribution in [2.45, 2.75) is 71.6 Å². The molecule has 35 heavy (non-hydrogen) atoms. The highest BCUT2D eigenvalue weighted by Gasteiger charge is 2.22. The van der Waals surface area contributed by atoms with E-state index in [9.17, 15) is 19.5 Å². The third kappa shape index (κ3) is 8.92. The predicted octanol–water partition coefficient (Wildman–Crippen LogP) is 6.42. The zero-order chi connectivity index (χ0) is 25.8. The Morgan fingerprint density at radius 1 is 1.14 bits per heavy atom. The molecule has 1 aromatic heterocycles. The number of benzene rings is 1. The van der Waals surface area contributed by atoms with Crippen LogP contribution < -0.4 is 10.9 Å². The number of nitrogens with one attached hydrogen (secondary N) is 1. The molecular weight excluding hydrogens is 446 g/mol. The molecule has 7 heteroatoms. The Balaban J connectivity index is 2.07. The molecule has 2 aromatic rings. The first-order valence-corrected chi connectivity index (χ1v) is 12.1. The van der Waals surface area contributed by atoms with Crippen LogP contribution in [0.25, 0.3) is 6.08 Å². The molecule has 1 atom stereocenters. The van der Waals surface area contributed by atoms with Crippen LogP contribution in [0, 0.1) is 0 Å². The summed E-state index contributed by atoms with van der Waals surface area (Å²) in [7, 11) is 0. The number of allylic oxidation sites excluding steroid dienone is 2. The largest absolute Gasteiger partial charge is 0.507 e. The fraction of sp³-hybridized carbons (Fsp3) is 0.393. The zero-order valence-electron chi connectivity index (χ0n) is 20.7. The van der Waals surface area contributed by atoms with Gasteiger partial charge in [0.1, 0.15) is 17.1 Å². The van der Waals surface area contributed by atoms with Gasteiger partial charge in [0.2, 0.25) is 0 Å². The topological polar surface area (TPSA) is 117 Å². The molecule has 0 fully saturated rings. The van der Waals surface area contributed by atoms with E-state index in [4.69, 9.17) is 9.52 Å². The minimum atomic E-state index is -1.15. The Morgan fingerprint density at radius 3 is 2.49 bits per heavy atom. The van der Waals surface area contributed by atoms with Gasteiger partial charge in [0.15, 0.2) is 5.78 Å². The number of hydrogen-bond acceptors (Lipinski definition) is 5. The fourth-order valence-electron chi connectivity index (χ4n) is 3.70. The Bertz CT molecular complexity index is 1110. The second-order valence-corrected chi connectivity index (χ2v) is 8.74. The maximum atomic E-state index is 12.9. The molecule has 1 amide bonds. The molecule has 3 N–H and O–H groups in total. The van der Waals surface area contributed by atoms with Crippen LogP contribution in [0.5, 0.6) is 5.75 Å². The van der Waals surface area contributed by atoms with Crippen LogP contribution in [0.2, 0.25) is 0 Å².